The smallest absolute Gasteiger partial charge is 0.0850 e. The van der Waals surface area contributed by atoms with E-state index in [9.17, 15) is 0 Å². The lowest BCUT2D eigenvalue weighted by molar-refractivity contribution is 0.560. The van der Waals surface area contributed by atoms with Gasteiger partial charge in [-0.05, 0) is 13.3 Å². The lowest BCUT2D eigenvalue weighted by Gasteiger charge is -2.09. The SMILES string of the molecule is CCc1nn(CC)c(CCNC(C)C)c1Cl. The first-order valence-corrected chi connectivity index (χ1v) is 6.45. The Morgan fingerprint density at radius 3 is 2.56 bits per heavy atom. The summed E-state index contributed by atoms with van der Waals surface area (Å²) in [5.41, 5.74) is 2.18. The molecule has 0 aliphatic rings. The highest BCUT2D eigenvalue weighted by Gasteiger charge is 2.13. The van der Waals surface area contributed by atoms with Crippen molar-refractivity contribution < 1.29 is 0 Å². The van der Waals surface area contributed by atoms with Crippen molar-refractivity contribution in [1.29, 1.82) is 0 Å². The molecule has 0 saturated carbocycles. The maximum Gasteiger partial charge on any atom is 0.0850 e. The molecule has 0 radical (unpaired) electrons. The molecule has 16 heavy (non-hydrogen) atoms. The summed E-state index contributed by atoms with van der Waals surface area (Å²) in [4.78, 5) is 0. The summed E-state index contributed by atoms with van der Waals surface area (Å²) < 4.78 is 2.02. The van der Waals surface area contributed by atoms with Gasteiger partial charge in [-0.3, -0.25) is 4.68 Å². The van der Waals surface area contributed by atoms with Gasteiger partial charge in [0.1, 0.15) is 0 Å². The van der Waals surface area contributed by atoms with Crippen molar-refractivity contribution in [3.05, 3.63) is 16.4 Å². The molecule has 0 aliphatic carbocycles. The molecule has 0 amide bonds. The minimum atomic E-state index is 0.516. The van der Waals surface area contributed by atoms with E-state index in [1.54, 1.807) is 0 Å². The lowest BCUT2D eigenvalue weighted by Crippen LogP contribution is -2.25. The normalized spacial score (nSPS) is 11.4. The standard InChI is InChI=1S/C12H22ClN3/c1-5-10-12(13)11(16(6-2)15-10)7-8-14-9(3)4/h9,14H,5-8H2,1-4H3. The predicted molar refractivity (Wildman–Crippen MR) is 69.1 cm³/mol. The molecule has 1 aromatic heterocycles. The van der Waals surface area contributed by atoms with E-state index in [1.807, 2.05) is 4.68 Å². The van der Waals surface area contributed by atoms with E-state index in [4.69, 9.17) is 11.6 Å². The van der Waals surface area contributed by atoms with E-state index in [1.165, 1.54) is 0 Å². The van der Waals surface area contributed by atoms with E-state index in [0.29, 0.717) is 6.04 Å². The molecule has 92 valence electrons. The second kappa shape index (κ2) is 6.26. The molecule has 1 aromatic rings. The van der Waals surface area contributed by atoms with Crippen molar-refractivity contribution in [1.82, 2.24) is 15.1 Å². The summed E-state index contributed by atoms with van der Waals surface area (Å²) in [6.07, 6.45) is 1.84. The molecule has 1 N–H and O–H groups in total. The molecule has 1 heterocycles. The van der Waals surface area contributed by atoms with Gasteiger partial charge in [0.05, 0.1) is 16.4 Å². The van der Waals surface area contributed by atoms with Gasteiger partial charge in [0, 0.05) is 25.6 Å². The molecule has 0 fully saturated rings. The third kappa shape index (κ3) is 3.22. The third-order valence-electron chi connectivity index (χ3n) is 2.61. The maximum absolute atomic E-state index is 6.31. The van der Waals surface area contributed by atoms with Crippen molar-refractivity contribution in [3.63, 3.8) is 0 Å². The Hall–Kier alpha value is -0.540. The Labute approximate surface area is 103 Å². The van der Waals surface area contributed by atoms with Crippen molar-refractivity contribution in [2.45, 2.75) is 53.1 Å². The molecule has 0 aromatic carbocycles. The number of nitrogens with one attached hydrogen (secondary N) is 1. The molecule has 4 heteroatoms. The van der Waals surface area contributed by atoms with Crippen LogP contribution >= 0.6 is 11.6 Å². The maximum atomic E-state index is 6.31. The molecule has 3 nitrogen and oxygen atoms in total. The molecule has 1 rings (SSSR count). The minimum absolute atomic E-state index is 0.516. The number of aromatic nitrogens is 2. The highest BCUT2D eigenvalue weighted by atomic mass is 35.5. The molecule has 0 aliphatic heterocycles. The van der Waals surface area contributed by atoms with Gasteiger partial charge in [-0.25, -0.2) is 0 Å². The Kier molecular flexibility index (Phi) is 5.29. The summed E-state index contributed by atoms with van der Waals surface area (Å²) in [5, 5.41) is 8.76. The Morgan fingerprint density at radius 1 is 1.38 bits per heavy atom. The topological polar surface area (TPSA) is 29.9 Å². The second-order valence-electron chi connectivity index (χ2n) is 4.24. The van der Waals surface area contributed by atoms with Crippen LogP contribution in [0.1, 0.15) is 39.1 Å². The first-order valence-electron chi connectivity index (χ1n) is 6.07. The van der Waals surface area contributed by atoms with E-state index >= 15 is 0 Å². The van der Waals surface area contributed by atoms with Gasteiger partial charge >= 0.3 is 0 Å². The van der Waals surface area contributed by atoms with Crippen LogP contribution in [-0.4, -0.2) is 22.4 Å². The van der Waals surface area contributed by atoms with Crippen LogP contribution in [0.5, 0.6) is 0 Å². The Morgan fingerprint density at radius 2 is 2.06 bits per heavy atom. The number of hydrogen-bond donors (Lipinski definition) is 1. The summed E-state index contributed by atoms with van der Waals surface area (Å²) in [5.74, 6) is 0. The molecule has 0 saturated heterocycles. The summed E-state index contributed by atoms with van der Waals surface area (Å²) in [6.45, 7) is 10.3. The van der Waals surface area contributed by atoms with E-state index in [2.05, 4.69) is 38.1 Å². The largest absolute Gasteiger partial charge is 0.314 e. The van der Waals surface area contributed by atoms with Gasteiger partial charge < -0.3 is 5.32 Å². The zero-order valence-electron chi connectivity index (χ0n) is 10.7. The van der Waals surface area contributed by atoms with Gasteiger partial charge in [0.2, 0.25) is 0 Å². The highest BCUT2D eigenvalue weighted by Crippen LogP contribution is 2.21. The van der Waals surface area contributed by atoms with Gasteiger partial charge in [-0.15, -0.1) is 0 Å². The van der Waals surface area contributed by atoms with Crippen molar-refractivity contribution in [3.8, 4) is 0 Å². The second-order valence-corrected chi connectivity index (χ2v) is 4.61. The van der Waals surface area contributed by atoms with E-state index in [0.717, 1.165) is 42.3 Å². The van der Waals surface area contributed by atoms with Crippen molar-refractivity contribution >= 4 is 11.6 Å². The average Bonchev–Trinajstić information content (AvgIpc) is 2.55. The molecular weight excluding hydrogens is 222 g/mol. The van der Waals surface area contributed by atoms with Gasteiger partial charge in [-0.2, -0.15) is 5.10 Å². The summed E-state index contributed by atoms with van der Waals surface area (Å²) in [6, 6.07) is 0.516. The van der Waals surface area contributed by atoms with E-state index < -0.39 is 0 Å². The number of aryl methyl sites for hydroxylation is 2. The Bertz CT molecular complexity index is 331. The lowest BCUT2D eigenvalue weighted by atomic mass is 10.2. The molecule has 0 atom stereocenters. The monoisotopic (exact) mass is 243 g/mol. The van der Waals surface area contributed by atoms with Crippen LogP contribution in [0.25, 0.3) is 0 Å². The predicted octanol–water partition coefficient (Wildman–Crippen LogP) is 2.66. The fraction of sp³-hybridized carbons (Fsp3) is 0.750. The quantitative estimate of drug-likeness (QED) is 0.833. The molecule has 0 unspecified atom stereocenters. The first kappa shape index (κ1) is 13.5. The van der Waals surface area contributed by atoms with Crippen LogP contribution in [-0.2, 0) is 19.4 Å². The number of halogens is 1. The fourth-order valence-electron chi connectivity index (χ4n) is 1.74. The number of rotatable bonds is 6. The highest BCUT2D eigenvalue weighted by molar-refractivity contribution is 6.31. The van der Waals surface area contributed by atoms with Crippen LogP contribution in [0.15, 0.2) is 0 Å². The van der Waals surface area contributed by atoms with Crippen molar-refractivity contribution in [2.75, 3.05) is 6.54 Å². The summed E-state index contributed by atoms with van der Waals surface area (Å²) >= 11 is 6.31. The molecule has 0 spiro atoms. The minimum Gasteiger partial charge on any atom is -0.314 e. The van der Waals surface area contributed by atoms with Gasteiger partial charge in [-0.1, -0.05) is 32.4 Å². The molecular formula is C12H22ClN3. The van der Waals surface area contributed by atoms with E-state index in [-0.39, 0.29) is 0 Å². The summed E-state index contributed by atoms with van der Waals surface area (Å²) in [7, 11) is 0. The molecule has 0 bridgehead atoms. The number of nitrogens with zero attached hydrogens (tertiary/aromatic N) is 2. The van der Waals surface area contributed by atoms with Crippen LogP contribution in [0.4, 0.5) is 0 Å². The zero-order chi connectivity index (χ0) is 12.1. The third-order valence-corrected chi connectivity index (χ3v) is 3.04. The van der Waals surface area contributed by atoms with Crippen molar-refractivity contribution in [2.24, 2.45) is 0 Å². The zero-order valence-corrected chi connectivity index (χ0v) is 11.4. The van der Waals surface area contributed by atoms with Crippen LogP contribution in [0.2, 0.25) is 5.02 Å². The number of hydrogen-bond acceptors (Lipinski definition) is 2. The first-order chi connectivity index (χ1) is 7.60. The fourth-order valence-corrected chi connectivity index (χ4v) is 2.10. The van der Waals surface area contributed by atoms with Crippen LogP contribution in [0, 0.1) is 0 Å². The average molecular weight is 244 g/mol. The van der Waals surface area contributed by atoms with Gasteiger partial charge in [0.15, 0.2) is 0 Å². The Balaban J connectivity index is 2.73. The van der Waals surface area contributed by atoms with Crippen LogP contribution < -0.4 is 5.32 Å². The van der Waals surface area contributed by atoms with Crippen LogP contribution in [0.3, 0.4) is 0 Å². The van der Waals surface area contributed by atoms with Gasteiger partial charge in [0.25, 0.3) is 0 Å².